The lowest BCUT2D eigenvalue weighted by Gasteiger charge is -2.36. The number of amides is 1. The minimum Gasteiger partial charge on any atom is -0.338 e. The average molecular weight is 357 g/mol. The molecular formula is C14H14BrFN2OS. The Morgan fingerprint density at radius 3 is 2.65 bits per heavy atom. The number of carbonyl (C=O) groups excluding carboxylic acids is 1. The van der Waals surface area contributed by atoms with Crippen molar-refractivity contribution in [3.63, 3.8) is 0 Å². The van der Waals surface area contributed by atoms with Crippen molar-refractivity contribution >= 4 is 33.6 Å². The van der Waals surface area contributed by atoms with Crippen molar-refractivity contribution in [1.29, 1.82) is 5.26 Å². The van der Waals surface area contributed by atoms with E-state index in [0.717, 1.165) is 0 Å². The Bertz CT molecular complexity index is 565. The fourth-order valence-electron chi connectivity index (χ4n) is 2.27. The van der Waals surface area contributed by atoms with Gasteiger partial charge in [0.1, 0.15) is 10.6 Å². The van der Waals surface area contributed by atoms with Crippen molar-refractivity contribution in [1.82, 2.24) is 4.90 Å². The Morgan fingerprint density at radius 1 is 1.50 bits per heavy atom. The number of nitrogens with zero attached hydrogens (tertiary/aromatic N) is 2. The van der Waals surface area contributed by atoms with E-state index in [0.29, 0.717) is 30.4 Å². The number of piperidine rings is 1. The molecular weight excluding hydrogens is 343 g/mol. The monoisotopic (exact) mass is 356 g/mol. The highest BCUT2D eigenvalue weighted by Gasteiger charge is 2.36. The largest absolute Gasteiger partial charge is 0.338 e. The number of thioether (sulfide) groups is 1. The minimum atomic E-state index is -0.522. The predicted molar refractivity (Wildman–Crippen MR) is 81.1 cm³/mol. The average Bonchev–Trinajstić information content (AvgIpc) is 2.47. The fraction of sp³-hybridized carbons (Fsp3) is 0.429. The lowest BCUT2D eigenvalue weighted by atomic mass is 9.96. The van der Waals surface area contributed by atoms with Gasteiger partial charge < -0.3 is 4.90 Å². The molecule has 1 fully saturated rings. The first kappa shape index (κ1) is 15.3. The van der Waals surface area contributed by atoms with Crippen molar-refractivity contribution in [3.8, 4) is 6.07 Å². The normalized spacial score (nSPS) is 17.6. The summed E-state index contributed by atoms with van der Waals surface area (Å²) < 4.78 is 14.0. The van der Waals surface area contributed by atoms with Crippen LogP contribution in [-0.4, -0.2) is 34.9 Å². The Labute approximate surface area is 130 Å². The van der Waals surface area contributed by atoms with Gasteiger partial charge in [-0.2, -0.15) is 5.26 Å². The molecule has 2 rings (SSSR count). The summed E-state index contributed by atoms with van der Waals surface area (Å²) in [6.07, 6.45) is 3.15. The molecule has 3 nitrogen and oxygen atoms in total. The third-order valence-electron chi connectivity index (χ3n) is 3.61. The molecule has 1 saturated heterocycles. The SMILES string of the molecule is CSC1(C#N)CCN(C(=O)c2ccc(Br)cc2F)CC1. The quantitative estimate of drug-likeness (QED) is 0.814. The summed E-state index contributed by atoms with van der Waals surface area (Å²) in [4.78, 5) is 13.9. The van der Waals surface area contributed by atoms with Crippen molar-refractivity contribution in [2.45, 2.75) is 17.6 Å². The van der Waals surface area contributed by atoms with Gasteiger partial charge in [-0.15, -0.1) is 11.8 Å². The molecule has 6 heteroatoms. The van der Waals surface area contributed by atoms with E-state index in [-0.39, 0.29) is 11.5 Å². The van der Waals surface area contributed by atoms with Gasteiger partial charge in [0.15, 0.2) is 0 Å². The van der Waals surface area contributed by atoms with Crippen molar-refractivity contribution in [3.05, 3.63) is 34.1 Å². The maximum Gasteiger partial charge on any atom is 0.256 e. The number of carbonyl (C=O) groups is 1. The van der Waals surface area contributed by atoms with E-state index in [1.807, 2.05) is 6.26 Å². The van der Waals surface area contributed by atoms with Crippen LogP contribution >= 0.6 is 27.7 Å². The van der Waals surface area contributed by atoms with Gasteiger partial charge in [0.05, 0.1) is 11.6 Å². The summed E-state index contributed by atoms with van der Waals surface area (Å²) >= 11 is 4.70. The molecule has 1 aromatic rings. The molecule has 0 spiro atoms. The van der Waals surface area contributed by atoms with Crippen LogP contribution in [0.15, 0.2) is 22.7 Å². The Balaban J connectivity index is 2.11. The van der Waals surface area contributed by atoms with Crippen LogP contribution < -0.4 is 0 Å². The summed E-state index contributed by atoms with van der Waals surface area (Å²) in [6, 6.07) is 6.76. The number of benzene rings is 1. The molecule has 1 heterocycles. The molecule has 0 radical (unpaired) electrons. The molecule has 0 N–H and O–H groups in total. The van der Waals surface area contributed by atoms with E-state index in [1.165, 1.54) is 23.9 Å². The molecule has 0 saturated carbocycles. The fourth-order valence-corrected chi connectivity index (χ4v) is 3.28. The summed E-state index contributed by atoms with van der Waals surface area (Å²) in [7, 11) is 0. The summed E-state index contributed by atoms with van der Waals surface area (Å²) in [5, 5.41) is 9.22. The molecule has 1 amide bonds. The molecule has 0 atom stereocenters. The highest BCUT2D eigenvalue weighted by atomic mass is 79.9. The molecule has 0 unspecified atom stereocenters. The van der Waals surface area contributed by atoms with Gasteiger partial charge in [-0.25, -0.2) is 4.39 Å². The molecule has 1 aromatic carbocycles. The van der Waals surface area contributed by atoms with E-state index in [2.05, 4.69) is 22.0 Å². The maximum atomic E-state index is 13.8. The number of likely N-dealkylation sites (tertiary alicyclic amines) is 1. The van der Waals surface area contributed by atoms with Crippen molar-refractivity contribution < 1.29 is 9.18 Å². The second-order valence-corrected chi connectivity index (χ2v) is 6.83. The highest BCUT2D eigenvalue weighted by molar-refractivity contribution is 9.10. The minimum absolute atomic E-state index is 0.0850. The van der Waals surface area contributed by atoms with Crippen molar-refractivity contribution in [2.24, 2.45) is 0 Å². The van der Waals surface area contributed by atoms with Gasteiger partial charge in [-0.05, 0) is 37.3 Å². The molecule has 1 aliphatic heterocycles. The number of rotatable bonds is 2. The van der Waals surface area contributed by atoms with Gasteiger partial charge in [-0.1, -0.05) is 15.9 Å². The van der Waals surface area contributed by atoms with Gasteiger partial charge in [0, 0.05) is 17.6 Å². The second-order valence-electron chi connectivity index (χ2n) is 4.73. The van der Waals surface area contributed by atoms with Crippen LogP contribution in [0.3, 0.4) is 0 Å². The molecule has 0 bridgehead atoms. The first-order valence-corrected chi connectivity index (χ1v) is 8.24. The van der Waals surface area contributed by atoms with Crippen LogP contribution in [0.25, 0.3) is 0 Å². The molecule has 20 heavy (non-hydrogen) atoms. The van der Waals surface area contributed by atoms with Crippen molar-refractivity contribution in [2.75, 3.05) is 19.3 Å². The van der Waals surface area contributed by atoms with E-state index in [4.69, 9.17) is 0 Å². The second kappa shape index (κ2) is 6.15. The van der Waals surface area contributed by atoms with Crippen LogP contribution in [0, 0.1) is 17.1 Å². The third kappa shape index (κ3) is 2.99. The molecule has 106 valence electrons. The lowest BCUT2D eigenvalue weighted by molar-refractivity contribution is 0.0712. The molecule has 0 aromatic heterocycles. The Kier molecular flexibility index (Phi) is 4.71. The molecule has 1 aliphatic rings. The lowest BCUT2D eigenvalue weighted by Crippen LogP contribution is -2.44. The zero-order valence-corrected chi connectivity index (χ0v) is 13.4. The number of hydrogen-bond donors (Lipinski definition) is 0. The Morgan fingerprint density at radius 2 is 2.15 bits per heavy atom. The zero-order chi connectivity index (χ0) is 14.8. The van der Waals surface area contributed by atoms with Crippen LogP contribution in [-0.2, 0) is 0 Å². The van der Waals surface area contributed by atoms with Gasteiger partial charge in [-0.3, -0.25) is 4.79 Å². The van der Waals surface area contributed by atoms with E-state index in [9.17, 15) is 14.4 Å². The standard InChI is InChI=1S/C14H14BrFN2OS/c1-20-14(9-17)4-6-18(7-5-14)13(19)11-3-2-10(15)8-12(11)16/h2-3,8H,4-7H2,1H3. The van der Waals surface area contributed by atoms with E-state index >= 15 is 0 Å². The van der Waals surface area contributed by atoms with Crippen LogP contribution in [0.4, 0.5) is 4.39 Å². The topological polar surface area (TPSA) is 44.1 Å². The highest BCUT2D eigenvalue weighted by Crippen LogP contribution is 2.34. The smallest absolute Gasteiger partial charge is 0.256 e. The third-order valence-corrected chi connectivity index (χ3v) is 5.39. The first-order chi connectivity index (χ1) is 9.51. The van der Waals surface area contributed by atoms with E-state index in [1.54, 1.807) is 11.0 Å². The van der Waals surface area contributed by atoms with Gasteiger partial charge in [0.25, 0.3) is 5.91 Å². The number of hydrogen-bond acceptors (Lipinski definition) is 3. The Hall–Kier alpha value is -1.06. The van der Waals surface area contributed by atoms with Gasteiger partial charge >= 0.3 is 0 Å². The summed E-state index contributed by atoms with van der Waals surface area (Å²) in [5.74, 6) is -0.825. The summed E-state index contributed by atoms with van der Waals surface area (Å²) in [6.45, 7) is 0.978. The maximum absolute atomic E-state index is 13.8. The number of nitriles is 1. The number of halogens is 2. The summed E-state index contributed by atoms with van der Waals surface area (Å²) in [5.41, 5.74) is 0.0850. The first-order valence-electron chi connectivity index (χ1n) is 6.22. The molecule has 0 aliphatic carbocycles. The van der Waals surface area contributed by atoms with Crippen LogP contribution in [0.5, 0.6) is 0 Å². The van der Waals surface area contributed by atoms with Gasteiger partial charge in [0.2, 0.25) is 0 Å². The zero-order valence-electron chi connectivity index (χ0n) is 11.0. The predicted octanol–water partition coefficient (Wildman–Crippen LogP) is 3.45. The van der Waals surface area contributed by atoms with Crippen LogP contribution in [0.1, 0.15) is 23.2 Å². The van der Waals surface area contributed by atoms with Crippen LogP contribution in [0.2, 0.25) is 0 Å². The van der Waals surface area contributed by atoms with E-state index < -0.39 is 10.6 Å².